The Balaban J connectivity index is 1.76. The van der Waals surface area contributed by atoms with Crippen LogP contribution in [0.1, 0.15) is 23.2 Å². The van der Waals surface area contributed by atoms with Gasteiger partial charge in [-0.2, -0.15) is 4.31 Å². The van der Waals surface area contributed by atoms with Crippen molar-refractivity contribution in [2.45, 2.75) is 17.7 Å². The zero-order valence-corrected chi connectivity index (χ0v) is 18.1. The summed E-state index contributed by atoms with van der Waals surface area (Å²) >= 11 is 0. The van der Waals surface area contributed by atoms with Crippen LogP contribution in [0.15, 0.2) is 47.4 Å². The van der Waals surface area contributed by atoms with E-state index in [0.29, 0.717) is 36.4 Å². The van der Waals surface area contributed by atoms with E-state index in [0.717, 1.165) is 0 Å². The SMILES string of the molecule is COc1ccc(OC)c(S(=O)(=O)N2CCCC(C(=O)Nc3ccc(C(N)=O)cc3)C2)c1. The van der Waals surface area contributed by atoms with Crippen molar-refractivity contribution < 1.29 is 27.5 Å². The molecule has 1 aliphatic rings. The molecule has 2 aromatic rings. The summed E-state index contributed by atoms with van der Waals surface area (Å²) in [5.74, 6) is -0.758. The second-order valence-electron chi connectivity index (χ2n) is 7.15. The number of rotatable bonds is 7. The molecule has 1 saturated heterocycles. The maximum atomic E-state index is 13.3. The second-order valence-corrected chi connectivity index (χ2v) is 9.06. The normalized spacial score (nSPS) is 17.0. The summed E-state index contributed by atoms with van der Waals surface area (Å²) in [5.41, 5.74) is 6.06. The topological polar surface area (TPSA) is 128 Å². The highest BCUT2D eigenvalue weighted by Gasteiger charge is 2.35. The van der Waals surface area contributed by atoms with Crippen molar-refractivity contribution in [1.29, 1.82) is 0 Å². The number of nitrogens with zero attached hydrogens (tertiary/aromatic N) is 1. The Kier molecular flexibility index (Phi) is 6.81. The van der Waals surface area contributed by atoms with Crippen molar-refractivity contribution in [2.75, 3.05) is 32.6 Å². The third kappa shape index (κ3) is 4.97. The van der Waals surface area contributed by atoms with Crippen LogP contribution in [0.4, 0.5) is 5.69 Å². The van der Waals surface area contributed by atoms with Crippen LogP contribution < -0.4 is 20.5 Å². The summed E-state index contributed by atoms with van der Waals surface area (Å²) in [6.07, 6.45) is 1.11. The van der Waals surface area contributed by atoms with Crippen LogP contribution in [-0.4, -0.2) is 51.8 Å². The average molecular weight is 448 g/mol. The van der Waals surface area contributed by atoms with Gasteiger partial charge in [-0.1, -0.05) is 0 Å². The first-order chi connectivity index (χ1) is 14.8. The first-order valence-corrected chi connectivity index (χ1v) is 11.1. The lowest BCUT2D eigenvalue weighted by Gasteiger charge is -2.31. The molecule has 10 heteroatoms. The average Bonchev–Trinajstić information content (AvgIpc) is 2.79. The number of hydrogen-bond donors (Lipinski definition) is 2. The molecule has 0 aliphatic carbocycles. The zero-order chi connectivity index (χ0) is 22.6. The van der Waals surface area contributed by atoms with Crippen molar-refractivity contribution in [2.24, 2.45) is 11.7 Å². The second kappa shape index (κ2) is 9.36. The van der Waals surface area contributed by atoms with Gasteiger partial charge >= 0.3 is 0 Å². The minimum Gasteiger partial charge on any atom is -0.497 e. The molecule has 2 aromatic carbocycles. The molecule has 0 spiro atoms. The van der Waals surface area contributed by atoms with Gasteiger partial charge in [-0.05, 0) is 49.2 Å². The van der Waals surface area contributed by atoms with Crippen molar-refractivity contribution >= 4 is 27.5 Å². The smallest absolute Gasteiger partial charge is 0.248 e. The first-order valence-electron chi connectivity index (χ1n) is 9.69. The number of nitrogens with two attached hydrogens (primary N) is 1. The number of amides is 2. The van der Waals surface area contributed by atoms with Crippen molar-refractivity contribution in [3.63, 3.8) is 0 Å². The standard InChI is InChI=1S/C21H25N3O6S/c1-29-17-9-10-18(30-2)19(12-17)31(27,28)24-11-3-4-15(13-24)21(26)23-16-7-5-14(6-8-16)20(22)25/h5-10,12,15H,3-4,11,13H2,1-2H3,(H2,22,25)(H,23,26). The van der Waals surface area contributed by atoms with Crippen LogP contribution in [0.2, 0.25) is 0 Å². The number of methoxy groups -OCH3 is 2. The van der Waals surface area contributed by atoms with Crippen LogP contribution in [0.5, 0.6) is 11.5 Å². The fourth-order valence-corrected chi connectivity index (χ4v) is 5.16. The largest absolute Gasteiger partial charge is 0.497 e. The number of sulfonamides is 1. The van der Waals surface area contributed by atoms with Crippen molar-refractivity contribution in [1.82, 2.24) is 4.31 Å². The molecular formula is C21H25N3O6S. The van der Waals surface area contributed by atoms with Gasteiger partial charge in [-0.25, -0.2) is 8.42 Å². The Labute approximate surface area is 181 Å². The van der Waals surface area contributed by atoms with Gasteiger partial charge in [-0.3, -0.25) is 9.59 Å². The van der Waals surface area contributed by atoms with Crippen LogP contribution in [0.3, 0.4) is 0 Å². The highest BCUT2D eigenvalue weighted by molar-refractivity contribution is 7.89. The van der Waals surface area contributed by atoms with E-state index in [9.17, 15) is 18.0 Å². The maximum Gasteiger partial charge on any atom is 0.248 e. The number of piperidine rings is 1. The van der Waals surface area contributed by atoms with Gasteiger partial charge in [0.25, 0.3) is 0 Å². The molecule has 0 aromatic heterocycles. The number of hydrogen-bond acceptors (Lipinski definition) is 6. The predicted octanol–water partition coefficient (Wildman–Crippen LogP) is 1.84. The van der Waals surface area contributed by atoms with Crippen LogP contribution in [0.25, 0.3) is 0 Å². The summed E-state index contributed by atoms with van der Waals surface area (Å²) in [4.78, 5) is 23.9. The Morgan fingerprint density at radius 2 is 1.81 bits per heavy atom. The summed E-state index contributed by atoms with van der Waals surface area (Å²) in [5, 5.41) is 2.77. The Morgan fingerprint density at radius 3 is 2.42 bits per heavy atom. The third-order valence-corrected chi connectivity index (χ3v) is 7.07. The predicted molar refractivity (Wildman–Crippen MR) is 115 cm³/mol. The van der Waals surface area contributed by atoms with E-state index in [-0.39, 0.29) is 23.1 Å². The van der Waals surface area contributed by atoms with Gasteiger partial charge in [0.1, 0.15) is 16.4 Å². The number of ether oxygens (including phenoxy) is 2. The first kappa shape index (κ1) is 22.6. The van der Waals surface area contributed by atoms with Crippen molar-refractivity contribution in [3.05, 3.63) is 48.0 Å². The van der Waals surface area contributed by atoms with E-state index in [2.05, 4.69) is 5.32 Å². The van der Waals surface area contributed by atoms with Crippen LogP contribution in [-0.2, 0) is 14.8 Å². The number of carbonyl (C=O) groups excluding carboxylic acids is 2. The molecule has 9 nitrogen and oxygen atoms in total. The van der Waals surface area contributed by atoms with E-state index in [1.807, 2.05) is 0 Å². The monoisotopic (exact) mass is 447 g/mol. The molecule has 166 valence electrons. The number of primary amides is 1. The third-order valence-electron chi connectivity index (χ3n) is 5.18. The van der Waals surface area contributed by atoms with E-state index in [4.69, 9.17) is 15.2 Å². The van der Waals surface area contributed by atoms with Gasteiger partial charge < -0.3 is 20.5 Å². The molecule has 1 heterocycles. The molecule has 0 bridgehead atoms. The summed E-state index contributed by atoms with van der Waals surface area (Å²) in [6, 6.07) is 10.8. The fourth-order valence-electron chi connectivity index (χ4n) is 3.46. The van der Waals surface area contributed by atoms with E-state index in [1.54, 1.807) is 18.2 Å². The lowest BCUT2D eigenvalue weighted by molar-refractivity contribution is -0.120. The summed E-state index contributed by atoms with van der Waals surface area (Å²) in [7, 11) is -1.04. The van der Waals surface area contributed by atoms with E-state index in [1.165, 1.54) is 42.8 Å². The number of benzene rings is 2. The van der Waals surface area contributed by atoms with Crippen molar-refractivity contribution in [3.8, 4) is 11.5 Å². The Bertz CT molecular complexity index is 1070. The van der Waals surface area contributed by atoms with Gasteiger partial charge in [-0.15, -0.1) is 0 Å². The molecule has 31 heavy (non-hydrogen) atoms. The summed E-state index contributed by atoms with van der Waals surface area (Å²) < 4.78 is 38.2. The molecule has 1 atom stereocenters. The van der Waals surface area contributed by atoms with Gasteiger partial charge in [0.2, 0.25) is 21.8 Å². The molecule has 0 radical (unpaired) electrons. The lowest BCUT2D eigenvalue weighted by Crippen LogP contribution is -2.43. The zero-order valence-electron chi connectivity index (χ0n) is 17.3. The fraction of sp³-hybridized carbons (Fsp3) is 0.333. The van der Waals surface area contributed by atoms with E-state index < -0.39 is 21.8 Å². The lowest BCUT2D eigenvalue weighted by atomic mass is 9.98. The Morgan fingerprint density at radius 1 is 1.10 bits per heavy atom. The molecule has 1 fully saturated rings. The quantitative estimate of drug-likeness (QED) is 0.667. The molecule has 2 amide bonds. The van der Waals surface area contributed by atoms with Gasteiger partial charge in [0.05, 0.1) is 20.1 Å². The highest BCUT2D eigenvalue weighted by atomic mass is 32.2. The molecule has 3 rings (SSSR count). The molecular weight excluding hydrogens is 422 g/mol. The number of anilines is 1. The Hall–Kier alpha value is -3.11. The van der Waals surface area contributed by atoms with Gasteiger partial charge in [0.15, 0.2) is 0 Å². The minimum absolute atomic E-state index is 0.00236. The minimum atomic E-state index is -3.89. The maximum absolute atomic E-state index is 13.3. The molecule has 0 saturated carbocycles. The van der Waals surface area contributed by atoms with Crippen LogP contribution >= 0.6 is 0 Å². The molecule has 1 aliphatic heterocycles. The molecule has 3 N–H and O–H groups in total. The number of nitrogens with one attached hydrogen (secondary N) is 1. The van der Waals surface area contributed by atoms with Gasteiger partial charge in [0, 0.05) is 30.4 Å². The molecule has 1 unspecified atom stereocenters. The van der Waals surface area contributed by atoms with Crippen LogP contribution in [0, 0.1) is 5.92 Å². The van der Waals surface area contributed by atoms with E-state index >= 15 is 0 Å². The number of carbonyl (C=O) groups is 2. The highest BCUT2D eigenvalue weighted by Crippen LogP contribution is 2.32. The summed E-state index contributed by atoms with van der Waals surface area (Å²) in [6.45, 7) is 0.355.